The molecule has 3 aromatic carbocycles. The van der Waals surface area contributed by atoms with Gasteiger partial charge in [0.25, 0.3) is 5.60 Å². The van der Waals surface area contributed by atoms with Crippen LogP contribution >= 0.6 is 0 Å². The highest BCUT2D eigenvalue weighted by molar-refractivity contribution is 5.64. The first-order valence-corrected chi connectivity index (χ1v) is 12.0. The van der Waals surface area contributed by atoms with Crippen molar-refractivity contribution in [3.8, 4) is 16.9 Å². The largest absolute Gasteiger partial charge is 0.497 e. The summed E-state index contributed by atoms with van der Waals surface area (Å²) in [5, 5.41) is 9.56. The highest BCUT2D eigenvalue weighted by Gasteiger charge is 2.71. The first-order chi connectivity index (χ1) is 17.9. The second-order valence-corrected chi connectivity index (χ2v) is 9.38. The molecule has 0 unspecified atom stereocenters. The molecule has 0 radical (unpaired) electrons. The van der Waals surface area contributed by atoms with Gasteiger partial charge in [-0.05, 0) is 34.4 Å². The lowest BCUT2D eigenvalue weighted by molar-refractivity contribution is -0.376. The van der Waals surface area contributed by atoms with Gasteiger partial charge in [-0.15, -0.1) is 0 Å². The molecule has 10 heteroatoms. The smallest absolute Gasteiger partial charge is 0.430 e. The van der Waals surface area contributed by atoms with E-state index in [0.29, 0.717) is 23.3 Å². The molecule has 0 saturated carbocycles. The second-order valence-electron chi connectivity index (χ2n) is 9.38. The third-order valence-corrected chi connectivity index (χ3v) is 6.82. The summed E-state index contributed by atoms with van der Waals surface area (Å²) in [6.07, 6.45) is -11.8. The molecule has 0 amide bonds. The maximum Gasteiger partial charge on any atom is 0.430 e. The van der Waals surface area contributed by atoms with Crippen molar-refractivity contribution >= 4 is 0 Å². The average molecular weight is 539 g/mol. The van der Waals surface area contributed by atoms with Gasteiger partial charge in [-0.2, -0.15) is 26.3 Å². The third-order valence-electron chi connectivity index (χ3n) is 6.82. The van der Waals surface area contributed by atoms with Crippen molar-refractivity contribution in [2.24, 2.45) is 0 Å². The zero-order valence-electron chi connectivity index (χ0n) is 20.7. The van der Waals surface area contributed by atoms with Crippen LogP contribution in [0.5, 0.6) is 5.75 Å². The molecule has 4 rings (SSSR count). The Morgan fingerprint density at radius 3 is 1.63 bits per heavy atom. The fourth-order valence-corrected chi connectivity index (χ4v) is 4.59. The molecule has 38 heavy (non-hydrogen) atoms. The Balaban J connectivity index is 1.35. The van der Waals surface area contributed by atoms with Gasteiger partial charge >= 0.3 is 12.4 Å². The van der Waals surface area contributed by atoms with Crippen molar-refractivity contribution in [3.63, 3.8) is 0 Å². The van der Waals surface area contributed by atoms with E-state index >= 15 is 0 Å². The lowest BCUT2D eigenvalue weighted by Gasteiger charge is -2.34. The summed E-state index contributed by atoms with van der Waals surface area (Å²) in [6, 6.07) is 19.0. The molecule has 1 saturated heterocycles. The van der Waals surface area contributed by atoms with Gasteiger partial charge in [0.1, 0.15) is 5.75 Å². The number of halogens is 6. The summed E-state index contributed by atoms with van der Waals surface area (Å²) < 4.78 is 84.0. The minimum Gasteiger partial charge on any atom is -0.497 e. The molecule has 204 valence electrons. The number of benzene rings is 3. The van der Waals surface area contributed by atoms with Crippen LogP contribution in [0.25, 0.3) is 11.1 Å². The monoisotopic (exact) mass is 538 g/mol. The predicted molar refractivity (Wildman–Crippen MR) is 131 cm³/mol. The van der Waals surface area contributed by atoms with Gasteiger partial charge in [-0.25, -0.2) is 0 Å². The number of piperazine rings is 1. The highest BCUT2D eigenvalue weighted by Crippen LogP contribution is 2.50. The fourth-order valence-electron chi connectivity index (χ4n) is 4.59. The Morgan fingerprint density at radius 1 is 0.684 bits per heavy atom. The van der Waals surface area contributed by atoms with Crippen LogP contribution in [-0.2, 0) is 18.7 Å². The molecule has 3 aromatic rings. The summed E-state index contributed by atoms with van der Waals surface area (Å²) in [5.74, 6) is 0.838. The Kier molecular flexibility index (Phi) is 8.06. The van der Waals surface area contributed by atoms with Crippen molar-refractivity contribution in [3.05, 3.63) is 89.5 Å². The molecule has 0 aliphatic carbocycles. The number of hydrogen-bond acceptors (Lipinski definition) is 4. The number of alkyl halides is 6. The van der Waals surface area contributed by atoms with E-state index in [0.717, 1.165) is 62.7 Å². The number of methoxy groups -OCH3 is 1. The van der Waals surface area contributed by atoms with Crippen molar-refractivity contribution in [1.82, 2.24) is 9.80 Å². The first kappa shape index (κ1) is 27.9. The van der Waals surface area contributed by atoms with Gasteiger partial charge in [-0.1, -0.05) is 60.7 Å². The summed E-state index contributed by atoms with van der Waals surface area (Å²) in [6.45, 7) is 5.22. The molecular weight excluding hydrogens is 510 g/mol. The lowest BCUT2D eigenvalue weighted by Crippen LogP contribution is -2.53. The Bertz CT molecular complexity index is 1190. The zero-order chi connectivity index (χ0) is 27.6. The SMILES string of the molecule is COc1cccc(CN2CCN(Cc3ccc(-c4ccc(C(O)(C(F)(F)F)C(F)(F)F)cc4)cc3)CC2)c1. The van der Waals surface area contributed by atoms with Gasteiger partial charge in [0.2, 0.25) is 0 Å². The van der Waals surface area contributed by atoms with Crippen LogP contribution < -0.4 is 4.74 Å². The van der Waals surface area contributed by atoms with Crippen LogP contribution in [0.15, 0.2) is 72.8 Å². The van der Waals surface area contributed by atoms with Gasteiger partial charge in [0, 0.05) is 44.8 Å². The normalized spacial score (nSPS) is 16.0. The fraction of sp³-hybridized carbons (Fsp3) is 0.357. The van der Waals surface area contributed by atoms with Crippen LogP contribution in [0.2, 0.25) is 0 Å². The van der Waals surface area contributed by atoms with E-state index in [1.54, 1.807) is 19.2 Å². The van der Waals surface area contributed by atoms with E-state index in [1.807, 2.05) is 30.3 Å². The maximum atomic E-state index is 13.1. The molecule has 1 fully saturated rings. The van der Waals surface area contributed by atoms with Gasteiger partial charge < -0.3 is 9.84 Å². The number of aliphatic hydroxyl groups is 1. The van der Waals surface area contributed by atoms with Gasteiger partial charge in [0.15, 0.2) is 0 Å². The Hall–Kier alpha value is -3.08. The molecule has 0 atom stereocenters. The minimum atomic E-state index is -5.91. The van der Waals surface area contributed by atoms with Crippen LogP contribution in [0.3, 0.4) is 0 Å². The molecule has 1 aliphatic heterocycles. The highest BCUT2D eigenvalue weighted by atomic mass is 19.4. The Morgan fingerprint density at radius 2 is 1.16 bits per heavy atom. The second kappa shape index (κ2) is 11.0. The van der Waals surface area contributed by atoms with E-state index in [2.05, 4.69) is 15.9 Å². The van der Waals surface area contributed by atoms with E-state index < -0.39 is 23.5 Å². The predicted octanol–water partition coefficient (Wildman–Crippen LogP) is 5.99. The number of nitrogens with zero attached hydrogens (tertiary/aromatic N) is 2. The Labute approximate surface area is 217 Å². The van der Waals surface area contributed by atoms with Gasteiger partial charge in [-0.3, -0.25) is 9.80 Å². The van der Waals surface area contributed by atoms with Crippen molar-refractivity contribution in [2.75, 3.05) is 33.3 Å². The van der Waals surface area contributed by atoms with Crippen LogP contribution in [-0.4, -0.2) is 60.5 Å². The van der Waals surface area contributed by atoms with E-state index in [4.69, 9.17) is 4.74 Å². The average Bonchev–Trinajstić information content (AvgIpc) is 2.89. The summed E-state index contributed by atoms with van der Waals surface area (Å²) in [5.41, 5.74) is -2.87. The number of rotatable bonds is 7. The van der Waals surface area contributed by atoms with Crippen molar-refractivity contribution in [2.45, 2.75) is 31.0 Å². The van der Waals surface area contributed by atoms with Crippen molar-refractivity contribution < 1.29 is 36.2 Å². The summed E-state index contributed by atoms with van der Waals surface area (Å²) >= 11 is 0. The molecular formula is C28H28F6N2O2. The lowest BCUT2D eigenvalue weighted by atomic mass is 9.90. The molecule has 4 nitrogen and oxygen atoms in total. The van der Waals surface area contributed by atoms with E-state index in [9.17, 15) is 31.4 Å². The van der Waals surface area contributed by atoms with E-state index in [1.165, 1.54) is 5.56 Å². The maximum absolute atomic E-state index is 13.1. The first-order valence-electron chi connectivity index (χ1n) is 12.0. The summed E-state index contributed by atoms with van der Waals surface area (Å²) in [4.78, 5) is 4.72. The number of ether oxygens (including phenoxy) is 1. The van der Waals surface area contributed by atoms with Crippen molar-refractivity contribution in [1.29, 1.82) is 0 Å². The standard InChI is InChI=1S/C28H28F6N2O2/c1-38-25-4-2-3-21(17-25)19-36-15-13-35(14-16-36)18-20-5-7-22(8-6-20)23-9-11-24(12-10-23)26(37,27(29,30)31)28(32,33)34/h2-12,17,37H,13-16,18-19H2,1H3. The summed E-state index contributed by atoms with van der Waals surface area (Å²) in [7, 11) is 1.65. The van der Waals surface area contributed by atoms with Crippen LogP contribution in [0.4, 0.5) is 26.3 Å². The molecule has 0 spiro atoms. The molecule has 0 bridgehead atoms. The quantitative estimate of drug-likeness (QED) is 0.375. The zero-order valence-corrected chi connectivity index (χ0v) is 20.7. The number of hydrogen-bond donors (Lipinski definition) is 1. The topological polar surface area (TPSA) is 35.9 Å². The van der Waals surface area contributed by atoms with Crippen LogP contribution in [0.1, 0.15) is 16.7 Å². The molecule has 0 aromatic heterocycles. The third kappa shape index (κ3) is 5.98. The van der Waals surface area contributed by atoms with Crippen LogP contribution in [0, 0.1) is 0 Å². The van der Waals surface area contributed by atoms with Gasteiger partial charge in [0.05, 0.1) is 7.11 Å². The molecule has 1 aliphatic rings. The molecule has 1 N–H and O–H groups in total. The van der Waals surface area contributed by atoms with E-state index in [-0.39, 0.29) is 0 Å². The molecule has 1 heterocycles. The minimum absolute atomic E-state index is 0.443.